The average Bonchev–Trinajstić information content (AvgIpc) is 2.41. The van der Waals surface area contributed by atoms with Gasteiger partial charge >= 0.3 is 0 Å². The number of rotatable bonds is 3. The Bertz CT molecular complexity index is 331. The number of amidine groups is 1. The number of hydrogen-bond acceptors (Lipinski definition) is 3. The first-order valence-electron chi connectivity index (χ1n) is 5.84. The first-order valence-corrected chi connectivity index (χ1v) is 5.84. The number of halogens is 1. The van der Waals surface area contributed by atoms with Gasteiger partial charge in [-0.1, -0.05) is 13.8 Å². The molecule has 1 aliphatic heterocycles. The Hall–Kier alpha value is -1.19. The summed E-state index contributed by atoms with van der Waals surface area (Å²) in [6.45, 7) is 6.04. The highest BCUT2D eigenvalue weighted by Gasteiger charge is 2.20. The van der Waals surface area contributed by atoms with E-state index in [4.69, 9.17) is 5.73 Å². The van der Waals surface area contributed by atoms with Crippen molar-refractivity contribution in [2.45, 2.75) is 46.1 Å². The third kappa shape index (κ3) is 3.15. The molecule has 1 rings (SSSR count). The monoisotopic (exact) mass is 225 g/mol. The van der Waals surface area contributed by atoms with Gasteiger partial charge < -0.3 is 5.73 Å². The van der Waals surface area contributed by atoms with Gasteiger partial charge in [0.25, 0.3) is 0 Å². The lowest BCUT2D eigenvalue weighted by molar-refractivity contribution is 0.638. The minimum absolute atomic E-state index is 0.104. The van der Waals surface area contributed by atoms with E-state index in [-0.39, 0.29) is 17.8 Å². The van der Waals surface area contributed by atoms with E-state index in [0.29, 0.717) is 18.0 Å². The fourth-order valence-corrected chi connectivity index (χ4v) is 1.57. The van der Waals surface area contributed by atoms with E-state index in [1.54, 1.807) is 0 Å². The summed E-state index contributed by atoms with van der Waals surface area (Å²) >= 11 is 0. The summed E-state index contributed by atoms with van der Waals surface area (Å²) in [5.41, 5.74) is 6.27. The van der Waals surface area contributed by atoms with Gasteiger partial charge in [0, 0.05) is 18.4 Å². The second-order valence-electron chi connectivity index (χ2n) is 4.17. The molecule has 0 fully saturated rings. The molecule has 0 aromatic carbocycles. The first kappa shape index (κ1) is 12.9. The fraction of sp³-hybridized carbons (Fsp3) is 0.667. The molecule has 4 heteroatoms. The number of nitrogens with zero attached hydrogens (tertiary/aromatic N) is 2. The van der Waals surface area contributed by atoms with E-state index < -0.39 is 0 Å². The zero-order chi connectivity index (χ0) is 12.1. The molecule has 0 spiro atoms. The van der Waals surface area contributed by atoms with Crippen LogP contribution < -0.4 is 5.73 Å². The molecule has 2 atom stereocenters. The molecule has 0 bridgehead atoms. The smallest absolute Gasteiger partial charge is 0.162 e. The predicted molar refractivity (Wildman–Crippen MR) is 66.4 cm³/mol. The summed E-state index contributed by atoms with van der Waals surface area (Å²) in [4.78, 5) is 8.29. The van der Waals surface area contributed by atoms with Crippen molar-refractivity contribution in [3.05, 3.63) is 12.0 Å². The molecular weight excluding hydrogens is 205 g/mol. The Morgan fingerprint density at radius 3 is 2.88 bits per heavy atom. The Morgan fingerprint density at radius 1 is 1.62 bits per heavy atom. The molecule has 0 saturated heterocycles. The van der Waals surface area contributed by atoms with Crippen LogP contribution in [0.4, 0.5) is 4.39 Å². The maximum absolute atomic E-state index is 13.7. The van der Waals surface area contributed by atoms with Gasteiger partial charge in [-0.05, 0) is 19.8 Å². The number of nitrogens with two attached hydrogens (primary N) is 1. The highest BCUT2D eigenvalue weighted by atomic mass is 19.1. The second-order valence-corrected chi connectivity index (χ2v) is 4.17. The van der Waals surface area contributed by atoms with Crippen LogP contribution in [-0.2, 0) is 0 Å². The van der Waals surface area contributed by atoms with E-state index in [9.17, 15) is 4.39 Å². The molecule has 3 nitrogen and oxygen atoms in total. The Kier molecular flexibility index (Phi) is 4.65. The van der Waals surface area contributed by atoms with Crippen LogP contribution >= 0.6 is 0 Å². The van der Waals surface area contributed by atoms with Crippen LogP contribution in [0.5, 0.6) is 0 Å². The number of aliphatic imine (C=N–C) groups is 2. The number of allylic oxidation sites excluding steroid dienone is 1. The molecule has 2 N–H and O–H groups in total. The summed E-state index contributed by atoms with van der Waals surface area (Å²) in [6, 6.07) is 0.144. The van der Waals surface area contributed by atoms with Crippen molar-refractivity contribution in [2.75, 3.05) is 0 Å². The lowest BCUT2D eigenvalue weighted by Crippen LogP contribution is -2.24. The lowest BCUT2D eigenvalue weighted by Gasteiger charge is -2.13. The lowest BCUT2D eigenvalue weighted by atomic mass is 9.98. The van der Waals surface area contributed by atoms with Crippen LogP contribution in [0, 0.1) is 5.92 Å². The van der Waals surface area contributed by atoms with E-state index in [2.05, 4.69) is 9.98 Å². The number of hydrogen-bond donors (Lipinski definition) is 1. The van der Waals surface area contributed by atoms with Gasteiger partial charge in [0.1, 0.15) is 5.84 Å². The first-order chi connectivity index (χ1) is 7.58. The van der Waals surface area contributed by atoms with E-state index in [0.717, 1.165) is 12.8 Å². The molecule has 0 aromatic rings. The van der Waals surface area contributed by atoms with Gasteiger partial charge in [0.15, 0.2) is 5.83 Å². The fourth-order valence-electron chi connectivity index (χ4n) is 1.57. The van der Waals surface area contributed by atoms with E-state index in [1.165, 1.54) is 6.20 Å². The van der Waals surface area contributed by atoms with Crippen molar-refractivity contribution in [2.24, 2.45) is 21.6 Å². The molecular formula is C12H20FN3. The van der Waals surface area contributed by atoms with Crippen LogP contribution in [0.2, 0.25) is 0 Å². The van der Waals surface area contributed by atoms with Crippen molar-refractivity contribution in [3.8, 4) is 0 Å². The minimum atomic E-state index is -0.348. The topological polar surface area (TPSA) is 50.7 Å². The Labute approximate surface area is 96.4 Å². The summed E-state index contributed by atoms with van der Waals surface area (Å²) in [5, 5.41) is 0. The molecule has 1 heterocycles. The van der Waals surface area contributed by atoms with Crippen molar-refractivity contribution in [1.82, 2.24) is 0 Å². The molecule has 0 radical (unpaired) electrons. The molecule has 16 heavy (non-hydrogen) atoms. The summed E-state index contributed by atoms with van der Waals surface area (Å²) < 4.78 is 13.7. The summed E-state index contributed by atoms with van der Waals surface area (Å²) in [7, 11) is 0. The van der Waals surface area contributed by atoms with Gasteiger partial charge in [0.2, 0.25) is 0 Å². The Morgan fingerprint density at radius 2 is 2.31 bits per heavy atom. The zero-order valence-corrected chi connectivity index (χ0v) is 10.2. The van der Waals surface area contributed by atoms with Gasteiger partial charge in [-0.15, -0.1) is 0 Å². The molecule has 0 aliphatic carbocycles. The second kappa shape index (κ2) is 5.77. The van der Waals surface area contributed by atoms with Gasteiger partial charge in [-0.3, -0.25) is 4.99 Å². The molecule has 1 aliphatic rings. The van der Waals surface area contributed by atoms with Gasteiger partial charge in [-0.2, -0.15) is 0 Å². The van der Waals surface area contributed by atoms with E-state index >= 15 is 0 Å². The zero-order valence-electron chi connectivity index (χ0n) is 10.2. The van der Waals surface area contributed by atoms with Crippen molar-refractivity contribution in [1.29, 1.82) is 0 Å². The highest BCUT2D eigenvalue weighted by molar-refractivity contribution is 6.02. The van der Waals surface area contributed by atoms with Gasteiger partial charge in [-0.25, -0.2) is 9.38 Å². The Balaban J connectivity index is 2.91. The predicted octanol–water partition coefficient (Wildman–Crippen LogP) is 2.82. The largest absolute Gasteiger partial charge is 0.387 e. The maximum Gasteiger partial charge on any atom is 0.162 e. The third-order valence-electron chi connectivity index (χ3n) is 2.92. The molecule has 0 aromatic heterocycles. The summed E-state index contributed by atoms with van der Waals surface area (Å²) in [6.07, 6.45) is 3.50. The maximum atomic E-state index is 13.7. The highest BCUT2D eigenvalue weighted by Crippen LogP contribution is 2.19. The average molecular weight is 225 g/mol. The molecule has 90 valence electrons. The van der Waals surface area contributed by atoms with Crippen molar-refractivity contribution in [3.63, 3.8) is 0 Å². The van der Waals surface area contributed by atoms with Crippen LogP contribution in [0.3, 0.4) is 0 Å². The van der Waals surface area contributed by atoms with Crippen LogP contribution in [0.1, 0.15) is 40.0 Å². The normalized spacial score (nSPS) is 26.0. The standard InChI is InChI=1S/C12H20FN3/c1-4-8(3)16-11-6-9(5-2)12(14)15-7-10(11)13/h7-9H,4-6H2,1-3H3,(H2,14,15). The third-order valence-corrected chi connectivity index (χ3v) is 2.92. The molecule has 2 unspecified atom stereocenters. The summed E-state index contributed by atoms with van der Waals surface area (Å²) in [5.74, 6) is 0.263. The van der Waals surface area contributed by atoms with Crippen LogP contribution in [0.15, 0.2) is 22.0 Å². The minimum Gasteiger partial charge on any atom is -0.387 e. The van der Waals surface area contributed by atoms with Crippen LogP contribution in [-0.4, -0.2) is 17.6 Å². The molecule has 0 saturated carbocycles. The van der Waals surface area contributed by atoms with E-state index in [1.807, 2.05) is 20.8 Å². The van der Waals surface area contributed by atoms with Gasteiger partial charge in [0.05, 0.1) is 11.9 Å². The van der Waals surface area contributed by atoms with Crippen molar-refractivity contribution >= 4 is 11.5 Å². The van der Waals surface area contributed by atoms with Crippen molar-refractivity contribution < 1.29 is 4.39 Å². The molecule has 0 amide bonds. The quantitative estimate of drug-likeness (QED) is 0.789. The SMILES string of the molecule is CCC(C)N=C1CC(CC)C(N)=NC=C1F. The van der Waals surface area contributed by atoms with Crippen LogP contribution in [0.25, 0.3) is 0 Å².